The van der Waals surface area contributed by atoms with Gasteiger partial charge < -0.3 is 4.74 Å². The molecule has 0 fully saturated rings. The molecule has 3 nitrogen and oxygen atoms in total. The van der Waals surface area contributed by atoms with Crippen LogP contribution in [0.1, 0.15) is 12.5 Å². The molecule has 0 saturated carbocycles. The number of pyridine rings is 1. The first-order valence-electron chi connectivity index (χ1n) is 3.31. The van der Waals surface area contributed by atoms with Crippen molar-refractivity contribution in [3.63, 3.8) is 0 Å². The Balaban J connectivity index is 0.00000121. The van der Waals surface area contributed by atoms with Gasteiger partial charge in [-0.15, -0.1) is 12.4 Å². The molecule has 66 valence electrons. The van der Waals surface area contributed by atoms with E-state index in [9.17, 15) is 4.79 Å². The van der Waals surface area contributed by atoms with Gasteiger partial charge in [0.1, 0.15) is 6.61 Å². The van der Waals surface area contributed by atoms with Crippen molar-refractivity contribution in [2.24, 2.45) is 0 Å². The lowest BCUT2D eigenvalue weighted by Crippen LogP contribution is -1.98. The Hall–Kier alpha value is -1.09. The molecule has 0 spiro atoms. The molecule has 0 bridgehead atoms. The summed E-state index contributed by atoms with van der Waals surface area (Å²) in [6.45, 7) is 1.72. The first-order valence-corrected chi connectivity index (χ1v) is 3.31. The highest BCUT2D eigenvalue weighted by atomic mass is 35.5. The zero-order valence-electron chi connectivity index (χ0n) is 6.69. The molecular formula is C8H10ClNO2. The Morgan fingerprint density at radius 1 is 1.50 bits per heavy atom. The fraction of sp³-hybridized carbons (Fsp3) is 0.250. The maximum atomic E-state index is 10.4. The number of aromatic nitrogens is 1. The van der Waals surface area contributed by atoms with Crippen molar-refractivity contribution in [2.75, 3.05) is 0 Å². The fourth-order valence-corrected chi connectivity index (χ4v) is 0.664. The van der Waals surface area contributed by atoms with Crippen LogP contribution >= 0.6 is 12.4 Å². The van der Waals surface area contributed by atoms with Crippen LogP contribution in [-0.4, -0.2) is 11.0 Å². The first kappa shape index (κ1) is 10.9. The minimum absolute atomic E-state index is 0. The van der Waals surface area contributed by atoms with Crippen molar-refractivity contribution in [3.8, 4) is 0 Å². The summed E-state index contributed by atoms with van der Waals surface area (Å²) in [4.78, 5) is 14.2. The smallest absolute Gasteiger partial charge is 0.302 e. The molecule has 1 aromatic rings. The van der Waals surface area contributed by atoms with E-state index in [4.69, 9.17) is 4.74 Å². The van der Waals surface area contributed by atoms with Crippen LogP contribution in [0.2, 0.25) is 0 Å². The van der Waals surface area contributed by atoms with Crippen molar-refractivity contribution < 1.29 is 9.53 Å². The van der Waals surface area contributed by atoms with Crippen LogP contribution in [0, 0.1) is 0 Å². The van der Waals surface area contributed by atoms with Crippen molar-refractivity contribution in [2.45, 2.75) is 13.5 Å². The SMILES string of the molecule is CC(=O)OCc1ccncc1.Cl. The Bertz CT molecular complexity index is 238. The van der Waals surface area contributed by atoms with Crippen LogP contribution in [0.15, 0.2) is 24.5 Å². The van der Waals surface area contributed by atoms with Crippen molar-refractivity contribution in [3.05, 3.63) is 30.1 Å². The van der Waals surface area contributed by atoms with Gasteiger partial charge in [0.25, 0.3) is 0 Å². The summed E-state index contributed by atoms with van der Waals surface area (Å²) in [5.74, 6) is -0.262. The van der Waals surface area contributed by atoms with E-state index in [1.165, 1.54) is 6.92 Å². The minimum atomic E-state index is -0.262. The monoisotopic (exact) mass is 187 g/mol. The van der Waals surface area contributed by atoms with Crippen molar-refractivity contribution in [1.82, 2.24) is 4.98 Å². The molecule has 1 aromatic heterocycles. The fourth-order valence-electron chi connectivity index (χ4n) is 0.664. The molecule has 0 aliphatic heterocycles. The van der Waals surface area contributed by atoms with Crippen LogP contribution in [0.3, 0.4) is 0 Å². The van der Waals surface area contributed by atoms with Crippen LogP contribution in [0.4, 0.5) is 0 Å². The Kier molecular flexibility index (Phi) is 5.04. The summed E-state index contributed by atoms with van der Waals surface area (Å²) in [7, 11) is 0. The van der Waals surface area contributed by atoms with Gasteiger partial charge in [0, 0.05) is 19.3 Å². The van der Waals surface area contributed by atoms with Crippen LogP contribution in [-0.2, 0) is 16.1 Å². The molecule has 0 N–H and O–H groups in total. The number of halogens is 1. The second kappa shape index (κ2) is 5.55. The normalized spacial score (nSPS) is 8.42. The average molecular weight is 188 g/mol. The van der Waals surface area contributed by atoms with E-state index < -0.39 is 0 Å². The topological polar surface area (TPSA) is 39.2 Å². The van der Waals surface area contributed by atoms with Gasteiger partial charge in [0.05, 0.1) is 0 Å². The Morgan fingerprint density at radius 2 is 2.08 bits per heavy atom. The lowest BCUT2D eigenvalue weighted by atomic mass is 10.3. The largest absolute Gasteiger partial charge is 0.461 e. The van der Waals surface area contributed by atoms with E-state index in [0.29, 0.717) is 6.61 Å². The molecule has 0 aliphatic rings. The van der Waals surface area contributed by atoms with Gasteiger partial charge in [-0.25, -0.2) is 0 Å². The van der Waals surface area contributed by atoms with E-state index in [2.05, 4.69) is 4.98 Å². The highest BCUT2D eigenvalue weighted by Crippen LogP contribution is 1.97. The number of carbonyl (C=O) groups excluding carboxylic acids is 1. The van der Waals surface area contributed by atoms with E-state index in [0.717, 1.165) is 5.56 Å². The highest BCUT2D eigenvalue weighted by Gasteiger charge is 1.93. The predicted octanol–water partition coefficient (Wildman–Crippen LogP) is 1.57. The molecule has 0 atom stereocenters. The summed E-state index contributed by atoms with van der Waals surface area (Å²) < 4.78 is 4.76. The second-order valence-corrected chi connectivity index (χ2v) is 2.14. The minimum Gasteiger partial charge on any atom is -0.461 e. The quantitative estimate of drug-likeness (QED) is 0.660. The maximum Gasteiger partial charge on any atom is 0.302 e. The van der Waals surface area contributed by atoms with E-state index in [-0.39, 0.29) is 18.4 Å². The van der Waals surface area contributed by atoms with Gasteiger partial charge >= 0.3 is 5.97 Å². The summed E-state index contributed by atoms with van der Waals surface area (Å²) in [5, 5.41) is 0. The van der Waals surface area contributed by atoms with Gasteiger partial charge in [0.15, 0.2) is 0 Å². The predicted molar refractivity (Wildman–Crippen MR) is 47.0 cm³/mol. The maximum absolute atomic E-state index is 10.4. The molecule has 0 saturated heterocycles. The molecule has 0 amide bonds. The van der Waals surface area contributed by atoms with Crippen LogP contribution < -0.4 is 0 Å². The summed E-state index contributed by atoms with van der Waals surface area (Å²) in [6, 6.07) is 3.62. The molecule has 1 rings (SSSR count). The van der Waals surface area contributed by atoms with Crippen LogP contribution in [0.25, 0.3) is 0 Å². The van der Waals surface area contributed by atoms with Gasteiger partial charge in [0.2, 0.25) is 0 Å². The molecular weight excluding hydrogens is 178 g/mol. The average Bonchev–Trinajstić information content (AvgIpc) is 2.03. The standard InChI is InChI=1S/C8H9NO2.ClH/c1-7(10)11-6-8-2-4-9-5-3-8;/h2-5H,6H2,1H3;1H. The lowest BCUT2D eigenvalue weighted by molar-refractivity contribution is -0.142. The van der Waals surface area contributed by atoms with Crippen LogP contribution in [0.5, 0.6) is 0 Å². The van der Waals surface area contributed by atoms with Crippen molar-refractivity contribution in [1.29, 1.82) is 0 Å². The van der Waals surface area contributed by atoms with E-state index >= 15 is 0 Å². The number of nitrogens with zero attached hydrogens (tertiary/aromatic N) is 1. The number of esters is 1. The van der Waals surface area contributed by atoms with Gasteiger partial charge in [-0.2, -0.15) is 0 Å². The Morgan fingerprint density at radius 3 is 2.58 bits per heavy atom. The number of rotatable bonds is 2. The number of ether oxygens (including phenoxy) is 1. The zero-order chi connectivity index (χ0) is 8.10. The molecule has 1 heterocycles. The van der Waals surface area contributed by atoms with E-state index in [1.807, 2.05) is 12.1 Å². The summed E-state index contributed by atoms with van der Waals surface area (Å²) in [5.41, 5.74) is 0.954. The first-order chi connectivity index (χ1) is 5.29. The third kappa shape index (κ3) is 3.93. The molecule has 12 heavy (non-hydrogen) atoms. The van der Waals surface area contributed by atoms with Gasteiger partial charge in [-0.3, -0.25) is 9.78 Å². The third-order valence-electron chi connectivity index (χ3n) is 1.19. The third-order valence-corrected chi connectivity index (χ3v) is 1.19. The summed E-state index contributed by atoms with van der Waals surface area (Å²) in [6.07, 6.45) is 3.33. The molecule has 0 radical (unpaired) electrons. The molecule has 0 unspecified atom stereocenters. The summed E-state index contributed by atoms with van der Waals surface area (Å²) >= 11 is 0. The number of hydrogen-bond donors (Lipinski definition) is 0. The molecule has 4 heteroatoms. The lowest BCUT2D eigenvalue weighted by Gasteiger charge is -1.99. The van der Waals surface area contributed by atoms with Crippen molar-refractivity contribution >= 4 is 18.4 Å². The highest BCUT2D eigenvalue weighted by molar-refractivity contribution is 5.85. The number of carbonyl (C=O) groups is 1. The van der Waals surface area contributed by atoms with E-state index in [1.54, 1.807) is 12.4 Å². The zero-order valence-corrected chi connectivity index (χ0v) is 7.50. The number of hydrogen-bond acceptors (Lipinski definition) is 3. The van der Waals surface area contributed by atoms with Gasteiger partial charge in [-0.1, -0.05) is 0 Å². The molecule has 0 aromatic carbocycles. The van der Waals surface area contributed by atoms with Gasteiger partial charge in [-0.05, 0) is 17.7 Å². The Labute approximate surface area is 77.2 Å². The molecule has 0 aliphatic carbocycles. The second-order valence-electron chi connectivity index (χ2n) is 2.14.